The number of hydrazine groups is 1. The Morgan fingerprint density at radius 2 is 2.21 bits per heavy atom. The highest BCUT2D eigenvalue weighted by Gasteiger charge is 2.09. The predicted octanol–water partition coefficient (Wildman–Crippen LogP) is 1.94. The summed E-state index contributed by atoms with van der Waals surface area (Å²) < 4.78 is 0. The first kappa shape index (κ1) is 10.9. The Morgan fingerprint density at radius 1 is 1.57 bits per heavy atom. The van der Waals surface area contributed by atoms with Gasteiger partial charge in [-0.3, -0.25) is 16.3 Å². The van der Waals surface area contributed by atoms with Crippen LogP contribution in [0.2, 0.25) is 0 Å². The van der Waals surface area contributed by atoms with Crippen LogP contribution in [0.25, 0.3) is 0 Å². The summed E-state index contributed by atoms with van der Waals surface area (Å²) in [4.78, 5) is 3.97. The molecule has 0 saturated carbocycles. The number of pyridine rings is 1. The molecule has 0 aliphatic rings. The van der Waals surface area contributed by atoms with Gasteiger partial charge in [-0.1, -0.05) is 19.1 Å². The van der Waals surface area contributed by atoms with Crippen LogP contribution in [0.5, 0.6) is 0 Å². The van der Waals surface area contributed by atoms with E-state index in [0.29, 0.717) is 0 Å². The van der Waals surface area contributed by atoms with Gasteiger partial charge in [-0.05, 0) is 30.5 Å². The van der Waals surface area contributed by atoms with Gasteiger partial charge >= 0.3 is 0 Å². The molecule has 0 spiro atoms. The molecular weight excluding hydrogens is 174 g/mol. The van der Waals surface area contributed by atoms with E-state index in [9.17, 15) is 0 Å². The molecule has 0 bridgehead atoms. The van der Waals surface area contributed by atoms with Crippen molar-refractivity contribution in [1.29, 1.82) is 0 Å². The zero-order valence-electron chi connectivity index (χ0n) is 8.53. The number of nitrogens with two attached hydrogens (primary N) is 1. The Balaban J connectivity index is 2.68. The van der Waals surface area contributed by atoms with Crippen molar-refractivity contribution in [3.8, 4) is 0 Å². The van der Waals surface area contributed by atoms with Crippen LogP contribution in [0.4, 0.5) is 0 Å². The molecule has 0 aliphatic heterocycles. The summed E-state index contributed by atoms with van der Waals surface area (Å²) in [6.45, 7) is 6.07. The monoisotopic (exact) mass is 191 g/mol. The zero-order chi connectivity index (χ0) is 10.4. The molecule has 3 nitrogen and oxygen atoms in total. The topological polar surface area (TPSA) is 50.9 Å². The lowest BCUT2D eigenvalue weighted by Gasteiger charge is -2.16. The van der Waals surface area contributed by atoms with Gasteiger partial charge in [0.15, 0.2) is 0 Å². The van der Waals surface area contributed by atoms with Crippen molar-refractivity contribution in [3.05, 3.63) is 42.2 Å². The van der Waals surface area contributed by atoms with Crippen LogP contribution in [0.15, 0.2) is 36.7 Å². The largest absolute Gasteiger partial charge is 0.271 e. The molecule has 1 unspecified atom stereocenters. The van der Waals surface area contributed by atoms with Gasteiger partial charge < -0.3 is 0 Å². The second kappa shape index (κ2) is 5.52. The maximum atomic E-state index is 5.50. The Hall–Kier alpha value is -1.19. The molecule has 1 aromatic heterocycles. The number of rotatable bonds is 5. The van der Waals surface area contributed by atoms with Crippen LogP contribution in [-0.4, -0.2) is 4.98 Å². The zero-order valence-corrected chi connectivity index (χ0v) is 8.53. The fourth-order valence-electron chi connectivity index (χ4n) is 1.30. The van der Waals surface area contributed by atoms with E-state index in [4.69, 9.17) is 5.84 Å². The number of nitrogens with one attached hydrogen (secondary N) is 1. The Morgan fingerprint density at radius 3 is 2.71 bits per heavy atom. The smallest absolute Gasteiger partial charge is 0.0498 e. The third-order valence-corrected chi connectivity index (χ3v) is 2.30. The maximum Gasteiger partial charge on any atom is 0.0498 e. The van der Waals surface area contributed by atoms with E-state index in [1.807, 2.05) is 12.1 Å². The number of aromatic nitrogens is 1. The molecule has 0 aromatic carbocycles. The van der Waals surface area contributed by atoms with Crippen molar-refractivity contribution in [2.24, 2.45) is 5.84 Å². The lowest BCUT2D eigenvalue weighted by Crippen LogP contribution is -2.28. The normalized spacial score (nSPS) is 12.4. The molecule has 0 aliphatic carbocycles. The highest BCUT2D eigenvalue weighted by molar-refractivity contribution is 5.17. The lowest BCUT2D eigenvalue weighted by molar-refractivity contribution is 0.544. The fraction of sp³-hybridized carbons (Fsp3) is 0.364. The van der Waals surface area contributed by atoms with E-state index in [1.54, 1.807) is 12.4 Å². The third-order valence-electron chi connectivity index (χ3n) is 2.30. The van der Waals surface area contributed by atoms with Gasteiger partial charge in [-0.15, -0.1) is 0 Å². The molecule has 1 aromatic rings. The Kier molecular flexibility index (Phi) is 4.29. The molecule has 3 N–H and O–H groups in total. The Labute approximate surface area is 85.0 Å². The summed E-state index contributed by atoms with van der Waals surface area (Å²) in [5, 5.41) is 0. The average Bonchev–Trinajstić information content (AvgIpc) is 2.26. The van der Waals surface area contributed by atoms with Crippen molar-refractivity contribution in [3.63, 3.8) is 0 Å². The SMILES string of the molecule is C=C(CC)CC(NN)c1ccncc1. The first-order valence-corrected chi connectivity index (χ1v) is 4.80. The van der Waals surface area contributed by atoms with Crippen molar-refractivity contribution in [2.75, 3.05) is 0 Å². The summed E-state index contributed by atoms with van der Waals surface area (Å²) in [7, 11) is 0. The molecule has 1 heterocycles. The van der Waals surface area contributed by atoms with Crippen LogP contribution < -0.4 is 11.3 Å². The highest BCUT2D eigenvalue weighted by atomic mass is 15.2. The standard InChI is InChI=1S/C11H17N3/c1-3-9(2)8-11(14-12)10-4-6-13-7-5-10/h4-7,11,14H,2-3,8,12H2,1H3. The summed E-state index contributed by atoms with van der Waals surface area (Å²) in [5.74, 6) is 5.50. The van der Waals surface area contributed by atoms with Crippen molar-refractivity contribution in [1.82, 2.24) is 10.4 Å². The molecule has 0 fully saturated rings. The minimum Gasteiger partial charge on any atom is -0.271 e. The van der Waals surface area contributed by atoms with Crippen LogP contribution >= 0.6 is 0 Å². The lowest BCUT2D eigenvalue weighted by atomic mass is 10.00. The van der Waals surface area contributed by atoms with Crippen molar-refractivity contribution < 1.29 is 0 Å². The molecule has 3 heteroatoms. The summed E-state index contributed by atoms with van der Waals surface area (Å²) in [6, 6.07) is 4.08. The van der Waals surface area contributed by atoms with Crippen molar-refractivity contribution >= 4 is 0 Å². The molecular formula is C11H17N3. The minimum atomic E-state index is 0.144. The van der Waals surface area contributed by atoms with Gasteiger partial charge in [-0.25, -0.2) is 0 Å². The molecule has 1 rings (SSSR count). The Bertz CT molecular complexity index is 282. The summed E-state index contributed by atoms with van der Waals surface area (Å²) >= 11 is 0. The quantitative estimate of drug-likeness (QED) is 0.425. The second-order valence-corrected chi connectivity index (χ2v) is 3.31. The van der Waals surface area contributed by atoms with E-state index in [2.05, 4.69) is 23.9 Å². The van der Waals surface area contributed by atoms with Gasteiger partial charge in [-0.2, -0.15) is 0 Å². The summed E-state index contributed by atoms with van der Waals surface area (Å²) in [6.07, 6.45) is 5.41. The molecule has 1 atom stereocenters. The number of hydrogen-bond acceptors (Lipinski definition) is 3. The van der Waals surface area contributed by atoms with E-state index in [1.165, 1.54) is 5.57 Å². The third kappa shape index (κ3) is 2.94. The molecule has 0 radical (unpaired) electrons. The van der Waals surface area contributed by atoms with Gasteiger partial charge in [0.2, 0.25) is 0 Å². The van der Waals surface area contributed by atoms with Gasteiger partial charge in [0, 0.05) is 18.4 Å². The van der Waals surface area contributed by atoms with Crippen LogP contribution in [0.1, 0.15) is 31.4 Å². The maximum absolute atomic E-state index is 5.50. The molecule has 0 amide bonds. The fourth-order valence-corrected chi connectivity index (χ4v) is 1.30. The van der Waals surface area contributed by atoms with E-state index in [-0.39, 0.29) is 6.04 Å². The van der Waals surface area contributed by atoms with Crippen LogP contribution in [-0.2, 0) is 0 Å². The number of hydrogen-bond donors (Lipinski definition) is 2. The predicted molar refractivity (Wildman–Crippen MR) is 58.3 cm³/mol. The first-order valence-electron chi connectivity index (χ1n) is 4.80. The molecule has 76 valence electrons. The van der Waals surface area contributed by atoms with Crippen LogP contribution in [0.3, 0.4) is 0 Å². The van der Waals surface area contributed by atoms with Gasteiger partial charge in [0.1, 0.15) is 0 Å². The molecule has 0 saturated heterocycles. The van der Waals surface area contributed by atoms with Crippen LogP contribution in [0, 0.1) is 0 Å². The first-order chi connectivity index (χ1) is 6.77. The van der Waals surface area contributed by atoms with Gasteiger partial charge in [0.05, 0.1) is 0 Å². The van der Waals surface area contributed by atoms with Crippen molar-refractivity contribution in [2.45, 2.75) is 25.8 Å². The summed E-state index contributed by atoms with van der Waals surface area (Å²) in [5.41, 5.74) is 5.14. The molecule has 14 heavy (non-hydrogen) atoms. The highest BCUT2D eigenvalue weighted by Crippen LogP contribution is 2.19. The van der Waals surface area contributed by atoms with E-state index in [0.717, 1.165) is 18.4 Å². The van der Waals surface area contributed by atoms with E-state index < -0.39 is 0 Å². The van der Waals surface area contributed by atoms with Gasteiger partial charge in [0.25, 0.3) is 0 Å². The second-order valence-electron chi connectivity index (χ2n) is 3.31. The average molecular weight is 191 g/mol. The minimum absolute atomic E-state index is 0.144. The number of nitrogens with zero attached hydrogens (tertiary/aromatic N) is 1. The van der Waals surface area contributed by atoms with E-state index >= 15 is 0 Å².